The summed E-state index contributed by atoms with van der Waals surface area (Å²) in [6.45, 7) is 3.92. The van der Waals surface area contributed by atoms with E-state index in [1.165, 1.54) is 12.5 Å². The molecule has 2 amide bonds. The number of thiazole rings is 1. The van der Waals surface area contributed by atoms with Gasteiger partial charge in [0.05, 0.1) is 5.69 Å². The highest BCUT2D eigenvalue weighted by Crippen LogP contribution is 2.29. The first-order valence-corrected chi connectivity index (χ1v) is 11.1. The van der Waals surface area contributed by atoms with Crippen LogP contribution < -0.4 is 10.6 Å². The smallest absolute Gasteiger partial charge is 0.251 e. The molecular weight excluding hydrogens is 418 g/mol. The molecule has 0 aliphatic heterocycles. The highest BCUT2D eigenvalue weighted by Gasteiger charge is 2.09. The minimum absolute atomic E-state index is 0.172. The molecule has 0 atom stereocenters. The Labute approximate surface area is 191 Å². The van der Waals surface area contributed by atoms with Gasteiger partial charge in [0.15, 0.2) is 0 Å². The lowest BCUT2D eigenvalue weighted by Crippen LogP contribution is -2.22. The average Bonchev–Trinajstić information content (AvgIpc) is 3.28. The number of hydrogen-bond donors (Lipinski definition) is 2. The summed E-state index contributed by atoms with van der Waals surface area (Å²) in [6, 6.07) is 23.3. The maximum atomic E-state index is 12.5. The van der Waals surface area contributed by atoms with Crippen LogP contribution >= 0.6 is 11.3 Å². The van der Waals surface area contributed by atoms with Crippen molar-refractivity contribution in [2.75, 3.05) is 5.32 Å². The Morgan fingerprint density at radius 3 is 2.38 bits per heavy atom. The first-order valence-electron chi connectivity index (χ1n) is 10.3. The van der Waals surface area contributed by atoms with E-state index >= 15 is 0 Å². The zero-order chi connectivity index (χ0) is 22.5. The maximum absolute atomic E-state index is 12.5. The van der Waals surface area contributed by atoms with Gasteiger partial charge < -0.3 is 10.6 Å². The van der Waals surface area contributed by atoms with Crippen LogP contribution in [0.4, 0.5) is 5.69 Å². The molecule has 0 radical (unpaired) electrons. The maximum Gasteiger partial charge on any atom is 0.251 e. The Hall–Kier alpha value is -3.77. The third-order valence-corrected chi connectivity index (χ3v) is 5.84. The van der Waals surface area contributed by atoms with Crippen molar-refractivity contribution >= 4 is 28.8 Å². The van der Waals surface area contributed by atoms with Gasteiger partial charge in [-0.05, 0) is 30.7 Å². The van der Waals surface area contributed by atoms with Crippen LogP contribution in [0.1, 0.15) is 28.4 Å². The predicted molar refractivity (Wildman–Crippen MR) is 130 cm³/mol. The van der Waals surface area contributed by atoms with Gasteiger partial charge in [0, 0.05) is 41.2 Å². The number of amides is 2. The molecule has 0 spiro atoms. The number of aromatic nitrogens is 1. The normalized spacial score (nSPS) is 10.6. The van der Waals surface area contributed by atoms with E-state index in [9.17, 15) is 9.59 Å². The third kappa shape index (κ3) is 5.28. The number of nitrogens with zero attached hydrogens (tertiary/aromatic N) is 1. The average molecular weight is 442 g/mol. The van der Waals surface area contributed by atoms with Crippen molar-refractivity contribution in [1.29, 1.82) is 0 Å². The monoisotopic (exact) mass is 441 g/mol. The molecule has 0 saturated heterocycles. The lowest BCUT2D eigenvalue weighted by molar-refractivity contribution is -0.114. The molecule has 0 bridgehead atoms. The topological polar surface area (TPSA) is 71.1 Å². The van der Waals surface area contributed by atoms with Crippen molar-refractivity contribution < 1.29 is 9.59 Å². The molecule has 3 aromatic carbocycles. The summed E-state index contributed by atoms with van der Waals surface area (Å²) in [6.07, 6.45) is 0. The van der Waals surface area contributed by atoms with E-state index in [2.05, 4.69) is 47.2 Å². The summed E-state index contributed by atoms with van der Waals surface area (Å²) in [4.78, 5) is 28.4. The van der Waals surface area contributed by atoms with Crippen LogP contribution in [0, 0.1) is 6.92 Å². The zero-order valence-corrected chi connectivity index (χ0v) is 18.7. The Morgan fingerprint density at radius 1 is 0.938 bits per heavy atom. The number of hydrogen-bond acceptors (Lipinski definition) is 4. The minimum Gasteiger partial charge on any atom is -0.348 e. The van der Waals surface area contributed by atoms with Gasteiger partial charge in [0.1, 0.15) is 5.01 Å². The predicted octanol–water partition coefficient (Wildman–Crippen LogP) is 5.67. The van der Waals surface area contributed by atoms with E-state index in [1.807, 2.05) is 24.3 Å². The highest BCUT2D eigenvalue weighted by molar-refractivity contribution is 7.13. The van der Waals surface area contributed by atoms with Gasteiger partial charge in [0.2, 0.25) is 5.91 Å². The Morgan fingerprint density at radius 2 is 1.66 bits per heavy atom. The summed E-state index contributed by atoms with van der Waals surface area (Å²) in [5, 5.41) is 8.64. The quantitative estimate of drug-likeness (QED) is 0.405. The minimum atomic E-state index is -0.191. The van der Waals surface area contributed by atoms with Crippen molar-refractivity contribution in [2.24, 2.45) is 0 Å². The van der Waals surface area contributed by atoms with Crippen molar-refractivity contribution in [3.05, 3.63) is 94.9 Å². The fraction of sp³-hybridized carbons (Fsp3) is 0.115. The number of anilines is 1. The summed E-state index contributed by atoms with van der Waals surface area (Å²) in [5.74, 6) is -0.363. The molecule has 160 valence electrons. The molecule has 1 heterocycles. The molecule has 4 rings (SSSR count). The van der Waals surface area contributed by atoms with Crippen LogP contribution in [0.3, 0.4) is 0 Å². The Kier molecular flexibility index (Phi) is 6.42. The second kappa shape index (κ2) is 9.58. The lowest BCUT2D eigenvalue weighted by Gasteiger charge is -2.08. The fourth-order valence-corrected chi connectivity index (χ4v) is 4.09. The first kappa shape index (κ1) is 21.5. The standard InChI is InChI=1S/C26H23N3O2S/c1-17-6-10-20(11-7-17)24-16-32-26(29-24)21-12-8-19(9-13-21)15-27-25(31)22-4-3-5-23(14-22)28-18(2)30/h3-14,16H,15H2,1-2H3,(H,27,31)(H,28,30). The summed E-state index contributed by atoms with van der Waals surface area (Å²) in [7, 11) is 0. The van der Waals surface area contributed by atoms with Crippen LogP contribution in [0.2, 0.25) is 0 Å². The molecule has 4 aromatic rings. The Balaban J connectivity index is 1.39. The SMILES string of the molecule is CC(=O)Nc1cccc(C(=O)NCc2ccc(-c3nc(-c4ccc(C)cc4)cs3)cc2)c1. The van der Waals surface area contributed by atoms with Crippen LogP contribution in [0.5, 0.6) is 0 Å². The van der Waals surface area contributed by atoms with Crippen molar-refractivity contribution in [2.45, 2.75) is 20.4 Å². The second-order valence-corrected chi connectivity index (χ2v) is 8.40. The van der Waals surface area contributed by atoms with Crippen LogP contribution in [0.15, 0.2) is 78.2 Å². The first-order chi connectivity index (χ1) is 15.5. The molecule has 2 N–H and O–H groups in total. The van der Waals surface area contributed by atoms with Gasteiger partial charge in [-0.15, -0.1) is 11.3 Å². The molecule has 0 fully saturated rings. The van der Waals surface area contributed by atoms with Gasteiger partial charge in [-0.3, -0.25) is 9.59 Å². The van der Waals surface area contributed by atoms with E-state index in [-0.39, 0.29) is 11.8 Å². The molecule has 0 aliphatic carbocycles. The number of carbonyl (C=O) groups is 2. The van der Waals surface area contributed by atoms with E-state index < -0.39 is 0 Å². The van der Waals surface area contributed by atoms with Gasteiger partial charge in [-0.2, -0.15) is 0 Å². The number of rotatable bonds is 6. The molecule has 0 unspecified atom stereocenters. The molecule has 0 aliphatic rings. The second-order valence-electron chi connectivity index (χ2n) is 7.55. The van der Waals surface area contributed by atoms with Crippen LogP contribution in [-0.2, 0) is 11.3 Å². The van der Waals surface area contributed by atoms with Gasteiger partial charge in [-0.25, -0.2) is 4.98 Å². The molecule has 6 heteroatoms. The van der Waals surface area contributed by atoms with E-state index in [0.717, 1.165) is 27.4 Å². The van der Waals surface area contributed by atoms with Gasteiger partial charge in [0.25, 0.3) is 5.91 Å². The molecular formula is C26H23N3O2S. The summed E-state index contributed by atoms with van der Waals surface area (Å²) in [5.41, 5.74) is 6.46. The van der Waals surface area contributed by atoms with Crippen molar-refractivity contribution in [3.8, 4) is 21.8 Å². The fourth-order valence-electron chi connectivity index (χ4n) is 3.25. The van der Waals surface area contributed by atoms with Crippen molar-refractivity contribution in [3.63, 3.8) is 0 Å². The molecule has 32 heavy (non-hydrogen) atoms. The highest BCUT2D eigenvalue weighted by atomic mass is 32.1. The van der Waals surface area contributed by atoms with Gasteiger partial charge in [-0.1, -0.05) is 60.2 Å². The van der Waals surface area contributed by atoms with Crippen LogP contribution in [-0.4, -0.2) is 16.8 Å². The third-order valence-electron chi connectivity index (χ3n) is 4.95. The Bertz CT molecular complexity index is 1240. The number of aryl methyl sites for hydroxylation is 1. The largest absolute Gasteiger partial charge is 0.348 e. The lowest BCUT2D eigenvalue weighted by atomic mass is 10.1. The van der Waals surface area contributed by atoms with E-state index in [1.54, 1.807) is 35.6 Å². The number of nitrogens with one attached hydrogen (secondary N) is 2. The van der Waals surface area contributed by atoms with Gasteiger partial charge >= 0.3 is 0 Å². The van der Waals surface area contributed by atoms with Crippen molar-refractivity contribution in [1.82, 2.24) is 10.3 Å². The number of benzene rings is 3. The molecule has 5 nitrogen and oxygen atoms in total. The van der Waals surface area contributed by atoms with Crippen LogP contribution in [0.25, 0.3) is 21.8 Å². The number of carbonyl (C=O) groups excluding carboxylic acids is 2. The molecule has 0 saturated carbocycles. The zero-order valence-electron chi connectivity index (χ0n) is 17.9. The summed E-state index contributed by atoms with van der Waals surface area (Å²) >= 11 is 1.62. The van der Waals surface area contributed by atoms with E-state index in [4.69, 9.17) is 4.98 Å². The summed E-state index contributed by atoms with van der Waals surface area (Å²) < 4.78 is 0. The molecule has 1 aromatic heterocycles. The van der Waals surface area contributed by atoms with E-state index in [0.29, 0.717) is 17.8 Å².